The van der Waals surface area contributed by atoms with Gasteiger partial charge >= 0.3 is 0 Å². The van der Waals surface area contributed by atoms with Crippen LogP contribution < -0.4 is 10.6 Å². The molecule has 0 aromatic carbocycles. The molecule has 40 heavy (non-hydrogen) atoms. The van der Waals surface area contributed by atoms with Crippen molar-refractivity contribution in [3.63, 3.8) is 0 Å². The summed E-state index contributed by atoms with van der Waals surface area (Å²) in [6.07, 6.45) is 7.93. The molecule has 1 fully saturated rings. The van der Waals surface area contributed by atoms with Gasteiger partial charge in [0.1, 0.15) is 18.4 Å². The van der Waals surface area contributed by atoms with E-state index in [0.717, 1.165) is 30.4 Å². The maximum absolute atomic E-state index is 12.9. The number of aldehydes is 1. The lowest BCUT2D eigenvalue weighted by molar-refractivity contribution is -0.108. The fraction of sp³-hybridized carbons (Fsp3) is 0.267. The quantitative estimate of drug-likeness (QED) is 0.313. The first-order valence-electron chi connectivity index (χ1n) is 12.8. The molecular formula is C30H30N8O2. The fourth-order valence-corrected chi connectivity index (χ4v) is 3.63. The normalized spacial score (nSPS) is 12.4. The van der Waals surface area contributed by atoms with Gasteiger partial charge in [-0.1, -0.05) is 6.07 Å². The van der Waals surface area contributed by atoms with Gasteiger partial charge < -0.3 is 15.4 Å². The second-order valence-corrected chi connectivity index (χ2v) is 9.90. The Balaban J connectivity index is 0.000000666. The molecule has 4 aromatic heterocycles. The van der Waals surface area contributed by atoms with Crippen molar-refractivity contribution >= 4 is 23.7 Å². The van der Waals surface area contributed by atoms with Crippen LogP contribution in [0.4, 0.5) is 11.5 Å². The standard InChI is InChI=1S/C26H24N8O.C4H6O/c1-16-19(20-6-5-7-21(34-20)22-12-24(28-4)32-15-31-22)11-18(13-30-16)33-25(35)17-8-9-29-23(10-17)26(2,3)14-27;5-3-4-1-2-4/h5-13,15H,1-4H3,(H,33,35)(H,28,31,32);3-4H,1-2H2. The van der Waals surface area contributed by atoms with Gasteiger partial charge in [-0.2, -0.15) is 5.26 Å². The summed E-state index contributed by atoms with van der Waals surface area (Å²) in [5, 5.41) is 15.3. The molecule has 0 radical (unpaired) electrons. The lowest BCUT2D eigenvalue weighted by Gasteiger charge is -2.15. The Kier molecular flexibility index (Phi) is 8.54. The largest absolute Gasteiger partial charge is 0.373 e. The second-order valence-electron chi connectivity index (χ2n) is 9.90. The van der Waals surface area contributed by atoms with E-state index in [2.05, 4.69) is 36.6 Å². The first-order valence-corrected chi connectivity index (χ1v) is 12.8. The molecule has 1 aliphatic rings. The van der Waals surface area contributed by atoms with Gasteiger partial charge in [-0.3, -0.25) is 14.8 Å². The van der Waals surface area contributed by atoms with E-state index in [-0.39, 0.29) is 5.91 Å². The van der Waals surface area contributed by atoms with Crippen LogP contribution >= 0.6 is 0 Å². The van der Waals surface area contributed by atoms with E-state index in [0.29, 0.717) is 45.8 Å². The Morgan fingerprint density at radius 3 is 2.50 bits per heavy atom. The zero-order chi connectivity index (χ0) is 28.7. The molecule has 4 aromatic rings. The third-order valence-corrected chi connectivity index (χ3v) is 6.31. The molecule has 2 N–H and O–H groups in total. The molecule has 0 atom stereocenters. The number of amides is 1. The van der Waals surface area contributed by atoms with Crippen molar-refractivity contribution in [3.8, 4) is 28.7 Å². The Hall–Kier alpha value is -5.04. The predicted molar refractivity (Wildman–Crippen MR) is 152 cm³/mol. The van der Waals surface area contributed by atoms with Gasteiger partial charge in [-0.05, 0) is 63.9 Å². The number of carbonyl (C=O) groups is 2. The molecule has 10 heteroatoms. The van der Waals surface area contributed by atoms with Crippen molar-refractivity contribution in [2.45, 2.75) is 39.0 Å². The van der Waals surface area contributed by atoms with Crippen LogP contribution in [-0.4, -0.2) is 44.2 Å². The maximum Gasteiger partial charge on any atom is 0.255 e. The Labute approximate surface area is 233 Å². The second kappa shape index (κ2) is 12.2. The van der Waals surface area contributed by atoms with E-state index in [9.17, 15) is 14.9 Å². The SMILES string of the molecule is CNc1cc(-c2cccc(-c3cc(NC(=O)c4ccnc(C(C)(C)C#N)c4)cnc3C)n2)ncn1.O=CC1CC1. The molecule has 1 aliphatic carbocycles. The van der Waals surface area contributed by atoms with Crippen LogP contribution in [0, 0.1) is 24.2 Å². The van der Waals surface area contributed by atoms with Crippen molar-refractivity contribution in [3.05, 3.63) is 78.1 Å². The van der Waals surface area contributed by atoms with Gasteiger partial charge in [0.25, 0.3) is 5.91 Å². The van der Waals surface area contributed by atoms with Gasteiger partial charge in [0.05, 0.1) is 46.1 Å². The smallest absolute Gasteiger partial charge is 0.255 e. The molecule has 1 saturated carbocycles. The first kappa shape index (κ1) is 28.0. The summed E-state index contributed by atoms with van der Waals surface area (Å²) < 4.78 is 0. The summed E-state index contributed by atoms with van der Waals surface area (Å²) in [7, 11) is 1.79. The van der Waals surface area contributed by atoms with Crippen LogP contribution in [0.1, 0.15) is 48.4 Å². The highest BCUT2D eigenvalue weighted by atomic mass is 16.1. The minimum atomic E-state index is -0.802. The molecule has 4 heterocycles. The summed E-state index contributed by atoms with van der Waals surface area (Å²) in [5.41, 5.74) is 4.31. The molecular weight excluding hydrogens is 504 g/mol. The molecule has 1 amide bonds. The number of nitrogens with zero attached hydrogens (tertiary/aromatic N) is 6. The zero-order valence-corrected chi connectivity index (χ0v) is 22.8. The Bertz CT molecular complexity index is 1570. The van der Waals surface area contributed by atoms with E-state index in [4.69, 9.17) is 4.98 Å². The molecule has 0 aliphatic heterocycles. The van der Waals surface area contributed by atoms with Gasteiger partial charge in [0.2, 0.25) is 0 Å². The van der Waals surface area contributed by atoms with E-state index < -0.39 is 5.41 Å². The van der Waals surface area contributed by atoms with E-state index in [1.807, 2.05) is 37.3 Å². The van der Waals surface area contributed by atoms with E-state index in [1.54, 1.807) is 39.2 Å². The summed E-state index contributed by atoms with van der Waals surface area (Å²) >= 11 is 0. The highest BCUT2D eigenvalue weighted by Gasteiger charge is 2.23. The van der Waals surface area contributed by atoms with Crippen LogP contribution in [-0.2, 0) is 10.2 Å². The maximum atomic E-state index is 12.9. The van der Waals surface area contributed by atoms with Crippen molar-refractivity contribution < 1.29 is 9.59 Å². The van der Waals surface area contributed by atoms with Crippen molar-refractivity contribution in [2.75, 3.05) is 17.7 Å². The van der Waals surface area contributed by atoms with Crippen molar-refractivity contribution in [1.82, 2.24) is 24.9 Å². The topological polar surface area (TPSA) is 146 Å². The molecule has 0 spiro atoms. The fourth-order valence-electron chi connectivity index (χ4n) is 3.63. The minimum absolute atomic E-state index is 0.318. The van der Waals surface area contributed by atoms with Crippen molar-refractivity contribution in [1.29, 1.82) is 5.26 Å². The van der Waals surface area contributed by atoms with Crippen LogP contribution in [0.5, 0.6) is 0 Å². The summed E-state index contributed by atoms with van der Waals surface area (Å²) in [4.78, 5) is 44.4. The van der Waals surface area contributed by atoms with Crippen LogP contribution in [0.15, 0.2) is 61.2 Å². The number of nitriles is 1. The number of nitrogens with one attached hydrogen (secondary N) is 2. The zero-order valence-electron chi connectivity index (χ0n) is 22.8. The van der Waals surface area contributed by atoms with E-state index >= 15 is 0 Å². The highest BCUT2D eigenvalue weighted by Crippen LogP contribution is 2.27. The summed E-state index contributed by atoms with van der Waals surface area (Å²) in [5.74, 6) is 0.832. The average Bonchev–Trinajstić information content (AvgIpc) is 3.84. The highest BCUT2D eigenvalue weighted by molar-refractivity contribution is 6.04. The lowest BCUT2D eigenvalue weighted by Crippen LogP contribution is -2.18. The lowest BCUT2D eigenvalue weighted by atomic mass is 9.90. The predicted octanol–water partition coefficient (Wildman–Crippen LogP) is 4.99. The van der Waals surface area contributed by atoms with Crippen LogP contribution in [0.3, 0.4) is 0 Å². The molecule has 0 bridgehead atoms. The average molecular weight is 535 g/mol. The Morgan fingerprint density at radius 2 is 1.82 bits per heavy atom. The summed E-state index contributed by atoms with van der Waals surface area (Å²) in [6, 6.07) is 14.8. The molecule has 10 nitrogen and oxygen atoms in total. The van der Waals surface area contributed by atoms with Gasteiger partial charge in [0.15, 0.2) is 0 Å². The third-order valence-electron chi connectivity index (χ3n) is 6.31. The number of pyridine rings is 3. The number of carbonyl (C=O) groups excluding carboxylic acids is 2. The minimum Gasteiger partial charge on any atom is -0.373 e. The Morgan fingerprint density at radius 1 is 1.05 bits per heavy atom. The molecule has 202 valence electrons. The monoisotopic (exact) mass is 534 g/mol. The van der Waals surface area contributed by atoms with Crippen LogP contribution in [0.25, 0.3) is 22.6 Å². The number of aryl methyl sites for hydroxylation is 1. The number of aromatic nitrogens is 5. The van der Waals surface area contributed by atoms with Crippen LogP contribution in [0.2, 0.25) is 0 Å². The van der Waals surface area contributed by atoms with Gasteiger partial charge in [-0.15, -0.1) is 0 Å². The number of hydrogen-bond acceptors (Lipinski definition) is 9. The number of hydrogen-bond donors (Lipinski definition) is 2. The van der Waals surface area contributed by atoms with E-state index in [1.165, 1.54) is 12.5 Å². The summed E-state index contributed by atoms with van der Waals surface area (Å²) in [6.45, 7) is 5.41. The van der Waals surface area contributed by atoms with Gasteiger partial charge in [-0.25, -0.2) is 15.0 Å². The van der Waals surface area contributed by atoms with Crippen molar-refractivity contribution in [2.24, 2.45) is 5.92 Å². The van der Waals surface area contributed by atoms with Gasteiger partial charge in [0, 0.05) is 42.0 Å². The molecule has 0 unspecified atom stereocenters. The number of rotatable bonds is 7. The third kappa shape index (κ3) is 6.88. The molecule has 0 saturated heterocycles. The number of anilines is 2. The first-order chi connectivity index (χ1) is 19.2. The molecule has 5 rings (SSSR count).